The number of carboxylic acids is 1. The van der Waals surface area contributed by atoms with Crippen LogP contribution in [0.2, 0.25) is 0 Å². The summed E-state index contributed by atoms with van der Waals surface area (Å²) in [4.78, 5) is 10.9. The van der Waals surface area contributed by atoms with Gasteiger partial charge in [0, 0.05) is 18.8 Å². The average Bonchev–Trinajstić information content (AvgIpc) is 2.30. The maximum atomic E-state index is 10.9. The summed E-state index contributed by atoms with van der Waals surface area (Å²) in [6.07, 6.45) is 0.865. The largest absolute Gasteiger partial charge is 0.478 e. The Hall–Kier alpha value is -1.55. The summed E-state index contributed by atoms with van der Waals surface area (Å²) in [6.45, 7) is 8.09. The molecule has 0 aromatic heterocycles. The number of aromatic carboxylic acids is 1. The van der Waals surface area contributed by atoms with E-state index in [0.29, 0.717) is 5.56 Å². The molecule has 0 heterocycles. The van der Waals surface area contributed by atoms with Crippen molar-refractivity contribution in [3.63, 3.8) is 0 Å². The van der Waals surface area contributed by atoms with Crippen LogP contribution in [-0.4, -0.2) is 29.8 Å². The second-order valence-electron chi connectivity index (χ2n) is 5.55. The molecule has 0 saturated heterocycles. The van der Waals surface area contributed by atoms with E-state index in [1.807, 2.05) is 26.8 Å². The predicted octanol–water partition coefficient (Wildman–Crippen LogP) is 3.31. The van der Waals surface area contributed by atoms with Crippen molar-refractivity contribution in [3.05, 3.63) is 29.3 Å². The Morgan fingerprint density at radius 1 is 1.47 bits per heavy atom. The maximum Gasteiger partial charge on any atom is 0.335 e. The number of aryl methyl sites for hydroxylation is 1. The van der Waals surface area contributed by atoms with Gasteiger partial charge in [0.15, 0.2) is 0 Å². The Morgan fingerprint density at radius 3 is 2.58 bits per heavy atom. The molecule has 0 aliphatic carbocycles. The van der Waals surface area contributed by atoms with Crippen LogP contribution in [0.3, 0.4) is 0 Å². The SMILES string of the molecule is COC(C)(C)CC(C)Nc1ccc(C(=O)O)cc1C. The summed E-state index contributed by atoms with van der Waals surface area (Å²) in [7, 11) is 1.71. The lowest BCUT2D eigenvalue weighted by molar-refractivity contribution is 0.0128. The summed E-state index contributed by atoms with van der Waals surface area (Å²) in [5, 5.41) is 12.3. The van der Waals surface area contributed by atoms with E-state index in [4.69, 9.17) is 9.84 Å². The van der Waals surface area contributed by atoms with Crippen molar-refractivity contribution in [3.8, 4) is 0 Å². The summed E-state index contributed by atoms with van der Waals surface area (Å²) in [5.74, 6) is -0.900. The fourth-order valence-corrected chi connectivity index (χ4v) is 2.10. The number of hydrogen-bond acceptors (Lipinski definition) is 3. The second-order valence-corrected chi connectivity index (χ2v) is 5.55. The highest BCUT2D eigenvalue weighted by atomic mass is 16.5. The topological polar surface area (TPSA) is 58.6 Å². The van der Waals surface area contributed by atoms with E-state index in [1.54, 1.807) is 19.2 Å². The van der Waals surface area contributed by atoms with Gasteiger partial charge < -0.3 is 15.2 Å². The van der Waals surface area contributed by atoms with Crippen LogP contribution in [0.15, 0.2) is 18.2 Å². The molecular weight excluding hydrogens is 242 g/mol. The Labute approximate surface area is 114 Å². The number of anilines is 1. The van der Waals surface area contributed by atoms with Gasteiger partial charge in [-0.1, -0.05) is 0 Å². The number of nitrogens with one attached hydrogen (secondary N) is 1. The Kier molecular flexibility index (Phi) is 4.95. The summed E-state index contributed by atoms with van der Waals surface area (Å²) < 4.78 is 5.41. The fraction of sp³-hybridized carbons (Fsp3) is 0.533. The van der Waals surface area contributed by atoms with Crippen LogP contribution in [0.4, 0.5) is 5.69 Å². The molecule has 0 radical (unpaired) electrons. The van der Waals surface area contributed by atoms with Gasteiger partial charge in [-0.25, -0.2) is 4.79 Å². The first-order valence-corrected chi connectivity index (χ1v) is 6.41. The number of methoxy groups -OCH3 is 1. The minimum Gasteiger partial charge on any atom is -0.478 e. The van der Waals surface area contributed by atoms with Gasteiger partial charge in [0.2, 0.25) is 0 Å². The van der Waals surface area contributed by atoms with Crippen molar-refractivity contribution in [2.45, 2.75) is 45.8 Å². The van der Waals surface area contributed by atoms with E-state index >= 15 is 0 Å². The van der Waals surface area contributed by atoms with Gasteiger partial charge in [-0.05, 0) is 57.9 Å². The molecule has 0 spiro atoms. The van der Waals surface area contributed by atoms with Crippen LogP contribution in [0, 0.1) is 6.92 Å². The molecule has 1 atom stereocenters. The molecule has 0 aliphatic heterocycles. The van der Waals surface area contributed by atoms with E-state index in [0.717, 1.165) is 17.7 Å². The van der Waals surface area contributed by atoms with Gasteiger partial charge >= 0.3 is 5.97 Å². The van der Waals surface area contributed by atoms with E-state index in [9.17, 15) is 4.79 Å². The standard InChI is InChI=1S/C15H23NO3/c1-10-8-12(14(17)18)6-7-13(10)16-11(2)9-15(3,4)19-5/h6-8,11,16H,9H2,1-5H3,(H,17,18). The van der Waals surface area contributed by atoms with Crippen LogP contribution in [0.25, 0.3) is 0 Å². The number of ether oxygens (including phenoxy) is 1. The minimum absolute atomic E-state index is 0.179. The average molecular weight is 265 g/mol. The molecule has 0 saturated carbocycles. The lowest BCUT2D eigenvalue weighted by Crippen LogP contribution is -2.31. The number of carbonyl (C=O) groups is 1. The number of benzene rings is 1. The van der Waals surface area contributed by atoms with Crippen molar-refractivity contribution in [2.75, 3.05) is 12.4 Å². The molecule has 0 fully saturated rings. The maximum absolute atomic E-state index is 10.9. The smallest absolute Gasteiger partial charge is 0.335 e. The minimum atomic E-state index is -0.900. The van der Waals surface area contributed by atoms with E-state index in [-0.39, 0.29) is 11.6 Å². The quantitative estimate of drug-likeness (QED) is 0.828. The molecular formula is C15H23NO3. The number of hydrogen-bond donors (Lipinski definition) is 2. The van der Waals surface area contributed by atoms with E-state index in [2.05, 4.69) is 12.2 Å². The third-order valence-electron chi connectivity index (χ3n) is 3.23. The predicted molar refractivity (Wildman–Crippen MR) is 76.9 cm³/mol. The zero-order valence-electron chi connectivity index (χ0n) is 12.3. The van der Waals surface area contributed by atoms with Crippen LogP contribution in [0.1, 0.15) is 43.1 Å². The highest BCUT2D eigenvalue weighted by molar-refractivity contribution is 5.88. The number of carboxylic acid groups (broad SMARTS) is 1. The zero-order valence-corrected chi connectivity index (χ0v) is 12.3. The third-order valence-corrected chi connectivity index (χ3v) is 3.23. The molecule has 19 heavy (non-hydrogen) atoms. The highest BCUT2D eigenvalue weighted by Gasteiger charge is 2.20. The van der Waals surface area contributed by atoms with Crippen LogP contribution in [0.5, 0.6) is 0 Å². The monoisotopic (exact) mass is 265 g/mol. The summed E-state index contributed by atoms with van der Waals surface area (Å²) in [6, 6.07) is 5.35. The van der Waals surface area contributed by atoms with Crippen molar-refractivity contribution in [2.24, 2.45) is 0 Å². The summed E-state index contributed by atoms with van der Waals surface area (Å²) in [5.41, 5.74) is 2.03. The lowest BCUT2D eigenvalue weighted by Gasteiger charge is -2.28. The fourth-order valence-electron chi connectivity index (χ4n) is 2.10. The highest BCUT2D eigenvalue weighted by Crippen LogP contribution is 2.21. The van der Waals surface area contributed by atoms with E-state index < -0.39 is 5.97 Å². The first-order valence-electron chi connectivity index (χ1n) is 6.41. The molecule has 4 nitrogen and oxygen atoms in total. The van der Waals surface area contributed by atoms with Crippen molar-refractivity contribution in [1.29, 1.82) is 0 Å². The van der Waals surface area contributed by atoms with Gasteiger partial charge in [-0.15, -0.1) is 0 Å². The Bertz CT molecular complexity index is 455. The molecule has 4 heteroatoms. The van der Waals surface area contributed by atoms with Gasteiger partial charge in [-0.3, -0.25) is 0 Å². The van der Waals surface area contributed by atoms with Gasteiger partial charge in [0.1, 0.15) is 0 Å². The first-order chi connectivity index (χ1) is 8.75. The molecule has 1 aromatic carbocycles. The Balaban J connectivity index is 2.75. The van der Waals surface area contributed by atoms with Crippen LogP contribution in [-0.2, 0) is 4.74 Å². The van der Waals surface area contributed by atoms with Crippen molar-refractivity contribution in [1.82, 2.24) is 0 Å². The van der Waals surface area contributed by atoms with Crippen molar-refractivity contribution < 1.29 is 14.6 Å². The molecule has 0 bridgehead atoms. The molecule has 106 valence electrons. The van der Waals surface area contributed by atoms with Gasteiger partial charge in [-0.2, -0.15) is 0 Å². The zero-order chi connectivity index (χ0) is 14.6. The van der Waals surface area contributed by atoms with Crippen LogP contribution < -0.4 is 5.32 Å². The first kappa shape index (κ1) is 15.5. The Morgan fingerprint density at radius 2 is 2.11 bits per heavy atom. The summed E-state index contributed by atoms with van der Waals surface area (Å²) >= 11 is 0. The third kappa shape index (κ3) is 4.56. The molecule has 2 N–H and O–H groups in total. The number of rotatable bonds is 6. The molecule has 1 rings (SSSR count). The van der Waals surface area contributed by atoms with Gasteiger partial charge in [0.25, 0.3) is 0 Å². The molecule has 0 aliphatic rings. The van der Waals surface area contributed by atoms with Gasteiger partial charge in [0.05, 0.1) is 11.2 Å². The van der Waals surface area contributed by atoms with Crippen LogP contribution >= 0.6 is 0 Å². The molecule has 0 amide bonds. The lowest BCUT2D eigenvalue weighted by atomic mass is 9.99. The van der Waals surface area contributed by atoms with Crippen molar-refractivity contribution >= 4 is 11.7 Å². The normalized spacial score (nSPS) is 13.1. The second kappa shape index (κ2) is 6.06. The van der Waals surface area contributed by atoms with E-state index in [1.165, 1.54) is 0 Å². The molecule has 1 unspecified atom stereocenters. The molecule has 1 aromatic rings.